The molecule has 1 unspecified atom stereocenters. The zero-order chi connectivity index (χ0) is 12.8. The van der Waals surface area contributed by atoms with E-state index in [0.717, 1.165) is 24.9 Å². The van der Waals surface area contributed by atoms with Crippen LogP contribution >= 0.6 is 11.6 Å². The highest BCUT2D eigenvalue weighted by Crippen LogP contribution is 2.25. The summed E-state index contributed by atoms with van der Waals surface area (Å²) in [6, 6.07) is 5.25. The van der Waals surface area contributed by atoms with Gasteiger partial charge in [0, 0.05) is 6.04 Å². The molecule has 0 radical (unpaired) electrons. The quantitative estimate of drug-likeness (QED) is 0.787. The third-order valence-electron chi connectivity index (χ3n) is 2.83. The van der Waals surface area contributed by atoms with Crippen LogP contribution in [0.15, 0.2) is 18.2 Å². The zero-order valence-corrected chi connectivity index (χ0v) is 11.5. The normalized spacial score (nSPS) is 13.1. The first kappa shape index (κ1) is 14.5. The number of hydrogen-bond donors (Lipinski definition) is 1. The van der Waals surface area contributed by atoms with Crippen LogP contribution in [0.2, 0.25) is 5.02 Å². The Morgan fingerprint density at radius 2 is 2.00 bits per heavy atom. The van der Waals surface area contributed by atoms with Crippen LogP contribution in [0.4, 0.5) is 4.39 Å². The minimum Gasteiger partial charge on any atom is -0.310 e. The van der Waals surface area contributed by atoms with Crippen LogP contribution in [0, 0.1) is 11.7 Å². The standard InChI is InChI=1S/C14H21ClFN/c1-4-17-14(8-5-10(2)3)11-6-7-13(16)12(15)9-11/h6-7,9-10,14,17H,4-5,8H2,1-3H3. The fraction of sp³-hybridized carbons (Fsp3) is 0.571. The van der Waals surface area contributed by atoms with Crippen molar-refractivity contribution in [3.8, 4) is 0 Å². The smallest absolute Gasteiger partial charge is 0.141 e. The molecular formula is C14H21ClFN. The first-order valence-corrected chi connectivity index (χ1v) is 6.60. The average Bonchev–Trinajstić information content (AvgIpc) is 2.28. The highest BCUT2D eigenvalue weighted by molar-refractivity contribution is 6.30. The molecule has 1 rings (SSSR count). The van der Waals surface area contributed by atoms with E-state index in [1.165, 1.54) is 6.07 Å². The summed E-state index contributed by atoms with van der Waals surface area (Å²) in [6.07, 6.45) is 2.19. The first-order valence-electron chi connectivity index (χ1n) is 6.23. The van der Waals surface area contributed by atoms with E-state index in [9.17, 15) is 4.39 Å². The molecule has 0 saturated heterocycles. The molecule has 0 fully saturated rings. The molecule has 0 amide bonds. The maximum absolute atomic E-state index is 13.1. The second-order valence-corrected chi connectivity index (χ2v) is 5.16. The second kappa shape index (κ2) is 6.97. The van der Waals surface area contributed by atoms with Gasteiger partial charge in [-0.2, -0.15) is 0 Å². The molecule has 1 N–H and O–H groups in total. The second-order valence-electron chi connectivity index (χ2n) is 4.76. The SMILES string of the molecule is CCNC(CCC(C)C)c1ccc(F)c(Cl)c1. The van der Waals surface area contributed by atoms with Gasteiger partial charge in [0.25, 0.3) is 0 Å². The molecule has 0 heterocycles. The third-order valence-corrected chi connectivity index (χ3v) is 3.12. The number of benzene rings is 1. The van der Waals surface area contributed by atoms with E-state index in [-0.39, 0.29) is 16.9 Å². The van der Waals surface area contributed by atoms with Crippen molar-refractivity contribution in [3.63, 3.8) is 0 Å². The van der Waals surface area contributed by atoms with E-state index in [1.807, 2.05) is 6.07 Å². The third kappa shape index (κ3) is 4.64. The molecule has 17 heavy (non-hydrogen) atoms. The van der Waals surface area contributed by atoms with E-state index in [1.54, 1.807) is 6.07 Å². The zero-order valence-electron chi connectivity index (χ0n) is 10.8. The van der Waals surface area contributed by atoms with Gasteiger partial charge in [0.05, 0.1) is 5.02 Å². The van der Waals surface area contributed by atoms with Gasteiger partial charge in [-0.25, -0.2) is 4.39 Å². The molecule has 0 saturated carbocycles. The number of halogens is 2. The maximum Gasteiger partial charge on any atom is 0.141 e. The fourth-order valence-corrected chi connectivity index (χ4v) is 2.05. The molecule has 0 spiro atoms. The van der Waals surface area contributed by atoms with Crippen LogP contribution in [0.5, 0.6) is 0 Å². The van der Waals surface area contributed by atoms with Gasteiger partial charge in [0.15, 0.2) is 0 Å². The summed E-state index contributed by atoms with van der Waals surface area (Å²) in [4.78, 5) is 0. The van der Waals surface area contributed by atoms with Gasteiger partial charge in [-0.05, 0) is 43.0 Å². The van der Waals surface area contributed by atoms with Crippen LogP contribution < -0.4 is 5.32 Å². The van der Waals surface area contributed by atoms with Gasteiger partial charge in [-0.3, -0.25) is 0 Å². The van der Waals surface area contributed by atoms with Crippen LogP contribution in [0.3, 0.4) is 0 Å². The van der Waals surface area contributed by atoms with Crippen molar-refractivity contribution in [2.75, 3.05) is 6.54 Å². The van der Waals surface area contributed by atoms with Gasteiger partial charge in [-0.15, -0.1) is 0 Å². The summed E-state index contributed by atoms with van der Waals surface area (Å²) in [7, 11) is 0. The monoisotopic (exact) mass is 257 g/mol. The van der Waals surface area contributed by atoms with Crippen LogP contribution in [0.25, 0.3) is 0 Å². The topological polar surface area (TPSA) is 12.0 Å². The summed E-state index contributed by atoms with van der Waals surface area (Å²) in [5, 5.41) is 3.62. The van der Waals surface area contributed by atoms with E-state index in [2.05, 4.69) is 26.1 Å². The average molecular weight is 258 g/mol. The number of hydrogen-bond acceptors (Lipinski definition) is 1. The summed E-state index contributed by atoms with van der Waals surface area (Å²) < 4.78 is 13.1. The Bertz CT molecular complexity index is 352. The highest BCUT2D eigenvalue weighted by Gasteiger charge is 2.12. The van der Waals surface area contributed by atoms with E-state index >= 15 is 0 Å². The predicted octanol–water partition coefficient (Wildman–Crippen LogP) is 4.57. The molecule has 0 aliphatic heterocycles. The van der Waals surface area contributed by atoms with Gasteiger partial charge in [0.1, 0.15) is 5.82 Å². The van der Waals surface area contributed by atoms with Crippen LogP contribution in [-0.4, -0.2) is 6.54 Å². The summed E-state index contributed by atoms with van der Waals surface area (Å²) in [6.45, 7) is 7.40. The van der Waals surface area contributed by atoms with Crippen LogP contribution in [0.1, 0.15) is 45.2 Å². The van der Waals surface area contributed by atoms with Crippen molar-refractivity contribution in [1.29, 1.82) is 0 Å². The van der Waals surface area contributed by atoms with Crippen molar-refractivity contribution in [2.24, 2.45) is 5.92 Å². The predicted molar refractivity (Wildman–Crippen MR) is 71.9 cm³/mol. The van der Waals surface area contributed by atoms with Crippen molar-refractivity contribution >= 4 is 11.6 Å². The van der Waals surface area contributed by atoms with Gasteiger partial charge < -0.3 is 5.32 Å². The van der Waals surface area contributed by atoms with Crippen molar-refractivity contribution in [3.05, 3.63) is 34.6 Å². The lowest BCUT2D eigenvalue weighted by molar-refractivity contribution is 0.448. The lowest BCUT2D eigenvalue weighted by Gasteiger charge is -2.19. The number of nitrogens with one attached hydrogen (secondary N) is 1. The summed E-state index contributed by atoms with van der Waals surface area (Å²) in [5.74, 6) is 0.321. The number of rotatable bonds is 6. The summed E-state index contributed by atoms with van der Waals surface area (Å²) >= 11 is 5.82. The van der Waals surface area contributed by atoms with E-state index in [4.69, 9.17) is 11.6 Å². The Labute approximate surface area is 108 Å². The van der Waals surface area contributed by atoms with Gasteiger partial charge in [0.2, 0.25) is 0 Å². The minimum absolute atomic E-state index is 0.204. The Balaban J connectivity index is 2.77. The molecule has 0 aliphatic carbocycles. The van der Waals surface area contributed by atoms with Crippen LogP contribution in [-0.2, 0) is 0 Å². The highest BCUT2D eigenvalue weighted by atomic mass is 35.5. The van der Waals surface area contributed by atoms with E-state index in [0.29, 0.717) is 5.92 Å². The molecule has 0 aromatic heterocycles. The molecule has 3 heteroatoms. The minimum atomic E-state index is -0.352. The van der Waals surface area contributed by atoms with E-state index < -0.39 is 0 Å². The maximum atomic E-state index is 13.1. The molecule has 0 bridgehead atoms. The first-order chi connectivity index (χ1) is 8.04. The molecule has 1 aromatic rings. The molecular weight excluding hydrogens is 237 g/mol. The largest absolute Gasteiger partial charge is 0.310 e. The van der Waals surface area contributed by atoms with Crippen molar-refractivity contribution in [2.45, 2.75) is 39.7 Å². The molecule has 0 aliphatic rings. The molecule has 1 aromatic carbocycles. The lowest BCUT2D eigenvalue weighted by atomic mass is 9.97. The van der Waals surface area contributed by atoms with Crippen molar-refractivity contribution in [1.82, 2.24) is 5.32 Å². The van der Waals surface area contributed by atoms with Crippen molar-refractivity contribution < 1.29 is 4.39 Å². The lowest BCUT2D eigenvalue weighted by Crippen LogP contribution is -2.21. The molecule has 1 nitrogen and oxygen atoms in total. The molecule has 1 atom stereocenters. The molecule has 96 valence electrons. The summed E-state index contributed by atoms with van der Waals surface area (Å²) in [5.41, 5.74) is 1.07. The van der Waals surface area contributed by atoms with Gasteiger partial charge in [-0.1, -0.05) is 38.4 Å². The Morgan fingerprint density at radius 3 is 2.53 bits per heavy atom. The Hall–Kier alpha value is -0.600. The van der Waals surface area contributed by atoms with Gasteiger partial charge >= 0.3 is 0 Å². The fourth-order valence-electron chi connectivity index (χ4n) is 1.86. The Morgan fingerprint density at radius 1 is 1.29 bits per heavy atom. The Kier molecular flexibility index (Phi) is 5.93.